The van der Waals surface area contributed by atoms with Crippen LogP contribution >= 0.6 is 0 Å². The van der Waals surface area contributed by atoms with Gasteiger partial charge in [0.25, 0.3) is 5.91 Å². The number of nitrogens with zero attached hydrogens (tertiary/aromatic N) is 2. The molecule has 0 unspecified atom stereocenters. The lowest BCUT2D eigenvalue weighted by molar-refractivity contribution is -0.0565. The lowest BCUT2D eigenvalue weighted by Gasteiger charge is -2.51. The highest BCUT2D eigenvalue weighted by Crippen LogP contribution is 2.45. The molecule has 2 heterocycles. The van der Waals surface area contributed by atoms with E-state index < -0.39 is 0 Å². The molecule has 2 aromatic rings. The highest BCUT2D eigenvalue weighted by molar-refractivity contribution is 5.94. The third kappa shape index (κ3) is 4.85. The van der Waals surface area contributed by atoms with Gasteiger partial charge in [-0.2, -0.15) is 0 Å². The summed E-state index contributed by atoms with van der Waals surface area (Å²) in [7, 11) is 0. The third-order valence-corrected chi connectivity index (χ3v) is 8.37. The molecule has 1 N–H and O–H groups in total. The molecule has 1 saturated carbocycles. The predicted molar refractivity (Wildman–Crippen MR) is 128 cm³/mol. The van der Waals surface area contributed by atoms with Gasteiger partial charge in [-0.3, -0.25) is 9.69 Å². The highest BCUT2D eigenvalue weighted by Gasteiger charge is 2.45. The van der Waals surface area contributed by atoms with Crippen molar-refractivity contribution >= 4 is 5.91 Å². The van der Waals surface area contributed by atoms with Gasteiger partial charge in [0.15, 0.2) is 0 Å². The van der Waals surface area contributed by atoms with Gasteiger partial charge in [-0.25, -0.2) is 4.39 Å². The van der Waals surface area contributed by atoms with Crippen LogP contribution in [0, 0.1) is 11.2 Å². The van der Waals surface area contributed by atoms with E-state index in [2.05, 4.69) is 35.2 Å². The van der Waals surface area contributed by atoms with Gasteiger partial charge in [-0.15, -0.1) is 0 Å². The van der Waals surface area contributed by atoms with Crippen molar-refractivity contribution in [3.8, 4) is 0 Å². The van der Waals surface area contributed by atoms with Crippen molar-refractivity contribution in [2.75, 3.05) is 26.2 Å². The molecule has 5 rings (SSSR count). The zero-order chi connectivity index (χ0) is 22.8. The molecule has 2 saturated heterocycles. The molecule has 0 radical (unpaired) electrons. The van der Waals surface area contributed by atoms with Gasteiger partial charge in [0.05, 0.1) is 6.10 Å². The summed E-state index contributed by atoms with van der Waals surface area (Å²) < 4.78 is 13.3. The molecule has 5 heteroatoms. The van der Waals surface area contributed by atoms with Crippen LogP contribution in [-0.2, 0) is 0 Å². The Balaban J connectivity index is 1.18. The first-order valence-electron chi connectivity index (χ1n) is 12.5. The Kier molecular flexibility index (Phi) is 6.53. The van der Waals surface area contributed by atoms with E-state index in [1.165, 1.54) is 17.7 Å². The van der Waals surface area contributed by atoms with Crippen LogP contribution in [-0.4, -0.2) is 59.1 Å². The molecule has 1 spiro atoms. The minimum Gasteiger partial charge on any atom is -0.391 e. The number of aliphatic hydroxyl groups is 1. The molecule has 1 aliphatic carbocycles. The van der Waals surface area contributed by atoms with Gasteiger partial charge in [-0.1, -0.05) is 30.3 Å². The standard InChI is InChI=1S/C28H35FN2O2/c29-24-9-7-23(8-10-24)27(33)31-16-4-14-28(20-31)15-11-25(26(32)19-28)30-17-12-22(13-18-30)21-5-2-1-3-6-21/h1-3,5-10,22,25-26,32H,4,11-20H2/t25-,26-,28+/m1/s1. The molecule has 2 aliphatic heterocycles. The predicted octanol–water partition coefficient (Wildman–Crippen LogP) is 4.84. The van der Waals surface area contributed by atoms with Crippen molar-refractivity contribution in [1.29, 1.82) is 0 Å². The number of hydrogen-bond donors (Lipinski definition) is 1. The van der Waals surface area contributed by atoms with Crippen LogP contribution in [0.4, 0.5) is 4.39 Å². The SMILES string of the molecule is O=C(c1ccc(F)cc1)N1CCC[C@@]2(CC[C@@H](N3CCC(c4ccccc4)CC3)[C@H](O)C2)C1. The maximum atomic E-state index is 13.3. The van der Waals surface area contributed by atoms with Crippen molar-refractivity contribution in [2.24, 2.45) is 5.41 Å². The normalized spacial score (nSPS) is 29.3. The molecule has 3 fully saturated rings. The molecule has 176 valence electrons. The molecule has 0 aromatic heterocycles. The van der Waals surface area contributed by atoms with Crippen LogP contribution in [0.2, 0.25) is 0 Å². The van der Waals surface area contributed by atoms with Crippen molar-refractivity contribution in [3.63, 3.8) is 0 Å². The second-order valence-electron chi connectivity index (χ2n) is 10.4. The molecule has 1 amide bonds. The van der Waals surface area contributed by atoms with Crippen LogP contribution in [0.1, 0.15) is 66.8 Å². The molecular weight excluding hydrogens is 415 g/mol. The average Bonchev–Trinajstić information content (AvgIpc) is 2.85. The Labute approximate surface area is 196 Å². The summed E-state index contributed by atoms with van der Waals surface area (Å²) in [5.74, 6) is 0.281. The quantitative estimate of drug-likeness (QED) is 0.728. The van der Waals surface area contributed by atoms with Crippen molar-refractivity contribution in [2.45, 2.75) is 63.0 Å². The van der Waals surface area contributed by atoms with Crippen LogP contribution in [0.25, 0.3) is 0 Å². The molecule has 0 bridgehead atoms. The molecule has 33 heavy (non-hydrogen) atoms. The fraction of sp³-hybridized carbons (Fsp3) is 0.536. The summed E-state index contributed by atoms with van der Waals surface area (Å²) in [5, 5.41) is 11.2. The van der Waals surface area contributed by atoms with E-state index in [0.717, 1.165) is 64.6 Å². The Morgan fingerprint density at radius 2 is 1.67 bits per heavy atom. The van der Waals surface area contributed by atoms with E-state index in [9.17, 15) is 14.3 Å². The number of hydrogen-bond acceptors (Lipinski definition) is 3. The van der Waals surface area contributed by atoms with Crippen molar-refractivity contribution in [1.82, 2.24) is 9.80 Å². The molecule has 4 nitrogen and oxygen atoms in total. The van der Waals surface area contributed by atoms with Crippen LogP contribution in [0.3, 0.4) is 0 Å². The Hall–Kier alpha value is -2.24. The summed E-state index contributed by atoms with van der Waals surface area (Å²) in [4.78, 5) is 17.5. The number of piperidine rings is 2. The van der Waals surface area contributed by atoms with E-state index in [1.807, 2.05) is 4.90 Å². The summed E-state index contributed by atoms with van der Waals surface area (Å²) in [5.41, 5.74) is 1.99. The van der Waals surface area contributed by atoms with Gasteiger partial charge in [-0.05, 0) is 99.2 Å². The maximum Gasteiger partial charge on any atom is 0.253 e. The van der Waals surface area contributed by atoms with Crippen LogP contribution < -0.4 is 0 Å². The zero-order valence-electron chi connectivity index (χ0n) is 19.3. The maximum absolute atomic E-state index is 13.3. The van der Waals surface area contributed by atoms with Gasteiger partial charge < -0.3 is 10.0 Å². The first kappa shape index (κ1) is 22.5. The number of rotatable bonds is 3. The molecule has 3 aliphatic rings. The van der Waals surface area contributed by atoms with Crippen LogP contribution in [0.5, 0.6) is 0 Å². The van der Waals surface area contributed by atoms with Gasteiger partial charge in [0, 0.05) is 24.7 Å². The van der Waals surface area contributed by atoms with Gasteiger partial charge in [0.1, 0.15) is 5.82 Å². The van der Waals surface area contributed by atoms with Crippen molar-refractivity contribution < 1.29 is 14.3 Å². The lowest BCUT2D eigenvalue weighted by atomic mass is 9.66. The number of carbonyl (C=O) groups is 1. The largest absolute Gasteiger partial charge is 0.391 e. The second kappa shape index (κ2) is 9.55. The number of aliphatic hydroxyl groups excluding tert-OH is 1. The summed E-state index contributed by atoms with van der Waals surface area (Å²) in [6.07, 6.45) is 6.82. The summed E-state index contributed by atoms with van der Waals surface area (Å²) in [6, 6.07) is 16.9. The molecule has 3 atom stereocenters. The number of benzene rings is 2. The van der Waals surface area contributed by atoms with E-state index in [1.54, 1.807) is 12.1 Å². The second-order valence-corrected chi connectivity index (χ2v) is 10.4. The summed E-state index contributed by atoms with van der Waals surface area (Å²) >= 11 is 0. The first-order chi connectivity index (χ1) is 16.0. The van der Waals surface area contributed by atoms with Crippen LogP contribution in [0.15, 0.2) is 54.6 Å². The van der Waals surface area contributed by atoms with Gasteiger partial charge >= 0.3 is 0 Å². The first-order valence-corrected chi connectivity index (χ1v) is 12.5. The Morgan fingerprint density at radius 3 is 2.36 bits per heavy atom. The monoisotopic (exact) mass is 450 g/mol. The van der Waals surface area contributed by atoms with Crippen molar-refractivity contribution in [3.05, 3.63) is 71.5 Å². The lowest BCUT2D eigenvalue weighted by Crippen LogP contribution is -2.55. The Bertz CT molecular complexity index is 942. The fourth-order valence-corrected chi connectivity index (χ4v) is 6.57. The minimum atomic E-state index is -0.340. The topological polar surface area (TPSA) is 43.8 Å². The number of halogens is 1. The highest BCUT2D eigenvalue weighted by atomic mass is 19.1. The number of amides is 1. The third-order valence-electron chi connectivity index (χ3n) is 8.37. The smallest absolute Gasteiger partial charge is 0.253 e. The Morgan fingerprint density at radius 1 is 0.939 bits per heavy atom. The van der Waals surface area contributed by atoms with E-state index in [4.69, 9.17) is 0 Å². The average molecular weight is 451 g/mol. The fourth-order valence-electron chi connectivity index (χ4n) is 6.57. The zero-order valence-corrected chi connectivity index (χ0v) is 19.3. The minimum absolute atomic E-state index is 0.00617. The van der Waals surface area contributed by atoms with E-state index >= 15 is 0 Å². The molecular formula is C28H35FN2O2. The van der Waals surface area contributed by atoms with E-state index in [-0.39, 0.29) is 29.3 Å². The summed E-state index contributed by atoms with van der Waals surface area (Å²) in [6.45, 7) is 3.53. The number of likely N-dealkylation sites (tertiary alicyclic amines) is 2. The molecule has 2 aromatic carbocycles. The van der Waals surface area contributed by atoms with Gasteiger partial charge in [0.2, 0.25) is 0 Å². The number of carbonyl (C=O) groups excluding carboxylic acids is 1. The van der Waals surface area contributed by atoms with E-state index in [0.29, 0.717) is 18.0 Å².